The van der Waals surface area contributed by atoms with Crippen LogP contribution in [0.2, 0.25) is 5.02 Å². The van der Waals surface area contributed by atoms with E-state index >= 15 is 0 Å². The molecular formula is C26H23ClN4O4S. The van der Waals surface area contributed by atoms with Crippen LogP contribution in [0.4, 0.5) is 5.69 Å². The van der Waals surface area contributed by atoms with Crippen LogP contribution in [0, 0.1) is 0 Å². The lowest BCUT2D eigenvalue weighted by Gasteiger charge is -2.16. The van der Waals surface area contributed by atoms with Crippen molar-refractivity contribution < 1.29 is 18.3 Å². The molecule has 0 amide bonds. The van der Waals surface area contributed by atoms with E-state index in [1.54, 1.807) is 36.7 Å². The molecule has 1 aromatic heterocycles. The summed E-state index contributed by atoms with van der Waals surface area (Å²) in [5.74, 6) is -0.937. The van der Waals surface area contributed by atoms with Crippen molar-refractivity contribution in [2.75, 3.05) is 5.32 Å². The molecule has 0 radical (unpaired) electrons. The summed E-state index contributed by atoms with van der Waals surface area (Å²) in [4.78, 5) is 19.4. The number of aliphatic carboxylic acids is 1. The van der Waals surface area contributed by atoms with Gasteiger partial charge in [-0.05, 0) is 59.5 Å². The zero-order valence-corrected chi connectivity index (χ0v) is 20.6. The fourth-order valence-electron chi connectivity index (χ4n) is 4.27. The molecule has 1 fully saturated rings. The van der Waals surface area contributed by atoms with Crippen LogP contribution in [0.15, 0.2) is 90.1 Å². The predicted octanol–water partition coefficient (Wildman–Crippen LogP) is 4.63. The second-order valence-electron chi connectivity index (χ2n) is 8.68. The number of carbonyl (C=O) groups is 1. The second kappa shape index (κ2) is 9.42. The van der Waals surface area contributed by atoms with Crippen molar-refractivity contribution in [2.45, 2.75) is 29.3 Å². The normalized spacial score (nSPS) is 19.1. The van der Waals surface area contributed by atoms with E-state index in [0.717, 1.165) is 28.2 Å². The molecule has 36 heavy (non-hydrogen) atoms. The van der Waals surface area contributed by atoms with Crippen molar-refractivity contribution in [1.82, 2.24) is 14.7 Å². The molecular weight excluding hydrogens is 500 g/mol. The molecule has 184 valence electrons. The molecule has 2 atom stereocenters. The lowest BCUT2D eigenvalue weighted by atomic mass is 10.1. The Morgan fingerprint density at radius 1 is 1.08 bits per heavy atom. The molecule has 4 aromatic rings. The van der Waals surface area contributed by atoms with Crippen molar-refractivity contribution >= 4 is 33.3 Å². The van der Waals surface area contributed by atoms with Crippen LogP contribution in [-0.2, 0) is 21.4 Å². The minimum Gasteiger partial charge on any atom is -0.480 e. The summed E-state index contributed by atoms with van der Waals surface area (Å²) in [5.41, 5.74) is 1.63. The van der Waals surface area contributed by atoms with Crippen LogP contribution in [0.5, 0.6) is 0 Å². The first-order valence-electron chi connectivity index (χ1n) is 11.2. The number of nitrogens with one attached hydrogen (secondary N) is 3. The number of halogens is 1. The van der Waals surface area contributed by atoms with E-state index in [1.165, 1.54) is 12.1 Å². The van der Waals surface area contributed by atoms with Crippen LogP contribution in [0.1, 0.15) is 23.7 Å². The zero-order valence-electron chi connectivity index (χ0n) is 19.0. The average Bonchev–Trinajstić information content (AvgIpc) is 3.35. The molecule has 2 unspecified atom stereocenters. The summed E-state index contributed by atoms with van der Waals surface area (Å²) in [6.45, 7) is 0.476. The molecule has 1 aliphatic rings. The first-order valence-corrected chi connectivity index (χ1v) is 13.1. The van der Waals surface area contributed by atoms with E-state index in [-0.39, 0.29) is 11.3 Å². The highest BCUT2D eigenvalue weighted by Crippen LogP contribution is 2.52. The maximum Gasteiger partial charge on any atom is 0.325 e. The maximum absolute atomic E-state index is 13.1. The van der Waals surface area contributed by atoms with Gasteiger partial charge in [-0.2, -0.15) is 4.72 Å². The lowest BCUT2D eigenvalue weighted by Crippen LogP contribution is -2.44. The number of benzene rings is 3. The van der Waals surface area contributed by atoms with E-state index in [0.29, 0.717) is 11.6 Å². The third-order valence-electron chi connectivity index (χ3n) is 6.30. The fourth-order valence-corrected chi connectivity index (χ4v) is 5.80. The van der Waals surface area contributed by atoms with E-state index in [9.17, 15) is 18.3 Å². The zero-order chi connectivity index (χ0) is 25.3. The summed E-state index contributed by atoms with van der Waals surface area (Å²) in [6, 6.07) is 20.8. The number of H-pyrrole nitrogens is 1. The molecule has 0 bridgehead atoms. The van der Waals surface area contributed by atoms with Crippen LogP contribution >= 0.6 is 11.6 Å². The van der Waals surface area contributed by atoms with Crippen LogP contribution in [0.3, 0.4) is 0 Å². The fraction of sp³-hybridized carbons (Fsp3) is 0.154. The summed E-state index contributed by atoms with van der Waals surface area (Å²) in [5, 5.41) is 13.8. The molecule has 5 rings (SSSR count). The monoisotopic (exact) mass is 522 g/mol. The number of aromatic amines is 1. The second-order valence-corrected chi connectivity index (χ2v) is 10.8. The smallest absolute Gasteiger partial charge is 0.325 e. The van der Waals surface area contributed by atoms with E-state index in [4.69, 9.17) is 11.6 Å². The Kier molecular flexibility index (Phi) is 6.29. The number of sulfonamides is 1. The van der Waals surface area contributed by atoms with Gasteiger partial charge in [0.1, 0.15) is 11.4 Å². The van der Waals surface area contributed by atoms with Crippen molar-refractivity contribution in [3.8, 4) is 11.1 Å². The van der Waals surface area contributed by atoms with Gasteiger partial charge in [0, 0.05) is 29.0 Å². The van der Waals surface area contributed by atoms with Gasteiger partial charge >= 0.3 is 5.97 Å². The minimum absolute atomic E-state index is 0.000328. The van der Waals surface area contributed by atoms with Gasteiger partial charge in [0.25, 0.3) is 0 Å². The highest BCUT2D eigenvalue weighted by Gasteiger charge is 2.63. The third kappa shape index (κ3) is 4.86. The summed E-state index contributed by atoms with van der Waals surface area (Å²) in [6.07, 6.45) is 3.55. The van der Waals surface area contributed by atoms with E-state index in [2.05, 4.69) is 20.0 Å². The summed E-state index contributed by atoms with van der Waals surface area (Å²) < 4.78 is 28.8. The molecule has 0 spiro atoms. The van der Waals surface area contributed by atoms with Crippen LogP contribution < -0.4 is 10.0 Å². The Balaban J connectivity index is 1.33. The van der Waals surface area contributed by atoms with Gasteiger partial charge in [-0.25, -0.2) is 13.4 Å². The number of aromatic nitrogens is 2. The summed E-state index contributed by atoms with van der Waals surface area (Å²) >= 11 is 5.94. The molecule has 1 heterocycles. The standard InChI is InChI=1S/C26H23ClN4O4S/c27-20-8-4-17(5-9-20)18-6-10-22(11-7-18)36(34,35)31-26(25(32)33)15-23(26)19-2-1-3-21(14-19)30-16-24-28-12-13-29-24/h1-14,23,30-31H,15-16H2,(H,28,29)(H,32,33). The molecule has 3 aromatic carbocycles. The molecule has 1 aliphatic carbocycles. The highest BCUT2D eigenvalue weighted by molar-refractivity contribution is 7.89. The number of hydrogen-bond donors (Lipinski definition) is 4. The first-order chi connectivity index (χ1) is 17.3. The number of carboxylic acid groups (broad SMARTS) is 1. The van der Waals surface area contributed by atoms with E-state index in [1.807, 2.05) is 36.4 Å². The quantitative estimate of drug-likeness (QED) is 0.254. The van der Waals surface area contributed by atoms with Gasteiger partial charge in [0.05, 0.1) is 11.4 Å². The minimum atomic E-state index is -4.08. The Hall–Kier alpha value is -3.66. The lowest BCUT2D eigenvalue weighted by molar-refractivity contribution is -0.140. The average molecular weight is 523 g/mol. The van der Waals surface area contributed by atoms with Gasteiger partial charge < -0.3 is 15.4 Å². The van der Waals surface area contributed by atoms with Crippen LogP contribution in [0.25, 0.3) is 11.1 Å². The SMILES string of the molecule is O=C(O)C1(NS(=O)(=O)c2ccc(-c3ccc(Cl)cc3)cc2)CC1c1cccc(NCc2ncc[nH]2)c1. The van der Waals surface area contributed by atoms with Crippen molar-refractivity contribution in [3.05, 3.63) is 102 Å². The Morgan fingerprint density at radius 3 is 2.42 bits per heavy atom. The Morgan fingerprint density at radius 2 is 1.78 bits per heavy atom. The van der Waals surface area contributed by atoms with Gasteiger partial charge in [-0.1, -0.05) is 48.0 Å². The van der Waals surface area contributed by atoms with Gasteiger partial charge in [0.15, 0.2) is 0 Å². The van der Waals surface area contributed by atoms with Crippen molar-refractivity contribution in [3.63, 3.8) is 0 Å². The Labute approximate surface area is 213 Å². The topological polar surface area (TPSA) is 124 Å². The maximum atomic E-state index is 13.1. The molecule has 0 saturated heterocycles. The van der Waals surface area contributed by atoms with Crippen LogP contribution in [-0.4, -0.2) is 35.0 Å². The number of anilines is 1. The van der Waals surface area contributed by atoms with E-state index < -0.39 is 27.4 Å². The van der Waals surface area contributed by atoms with Crippen molar-refractivity contribution in [2.24, 2.45) is 0 Å². The number of carboxylic acids is 1. The number of nitrogens with zero attached hydrogens (tertiary/aromatic N) is 1. The number of hydrogen-bond acceptors (Lipinski definition) is 5. The molecule has 1 saturated carbocycles. The van der Waals surface area contributed by atoms with Gasteiger partial charge in [-0.3, -0.25) is 4.79 Å². The van der Waals surface area contributed by atoms with Gasteiger partial charge in [-0.15, -0.1) is 0 Å². The third-order valence-corrected chi connectivity index (χ3v) is 8.08. The Bertz CT molecular complexity index is 1490. The molecule has 0 aliphatic heterocycles. The molecule has 10 heteroatoms. The first kappa shape index (κ1) is 24.1. The van der Waals surface area contributed by atoms with Crippen molar-refractivity contribution in [1.29, 1.82) is 0 Å². The predicted molar refractivity (Wildman–Crippen MR) is 137 cm³/mol. The number of imidazole rings is 1. The largest absolute Gasteiger partial charge is 0.480 e. The molecule has 8 nitrogen and oxygen atoms in total. The summed E-state index contributed by atoms with van der Waals surface area (Å²) in [7, 11) is -4.08. The highest BCUT2D eigenvalue weighted by atomic mass is 35.5. The molecule has 4 N–H and O–H groups in total. The van der Waals surface area contributed by atoms with Gasteiger partial charge in [0.2, 0.25) is 10.0 Å². The number of rotatable bonds is 9.